The number of rotatable bonds is 14. The molecule has 0 aliphatic carbocycles. The van der Waals surface area contributed by atoms with Gasteiger partial charge in [0.15, 0.2) is 0 Å². The SMILES string of the molecule is C=CC(C)CCCC(C)CCCC(C)CCCC(C)OC. The third-order valence-electron chi connectivity index (χ3n) is 4.86. The van der Waals surface area contributed by atoms with Gasteiger partial charge in [0, 0.05) is 7.11 Å². The predicted octanol–water partition coefficient (Wildman–Crippen LogP) is 6.63. The van der Waals surface area contributed by atoms with Crippen molar-refractivity contribution in [3.63, 3.8) is 0 Å². The fourth-order valence-corrected chi connectivity index (χ4v) is 2.88. The highest BCUT2D eigenvalue weighted by Crippen LogP contribution is 2.21. The van der Waals surface area contributed by atoms with Gasteiger partial charge in [0.2, 0.25) is 0 Å². The Balaban J connectivity index is 3.48. The summed E-state index contributed by atoms with van der Waals surface area (Å²) in [5, 5.41) is 0. The smallest absolute Gasteiger partial charge is 0.0543 e. The molecule has 4 atom stereocenters. The van der Waals surface area contributed by atoms with Gasteiger partial charge in [-0.25, -0.2) is 0 Å². The van der Waals surface area contributed by atoms with Gasteiger partial charge in [-0.3, -0.25) is 0 Å². The van der Waals surface area contributed by atoms with E-state index in [-0.39, 0.29) is 0 Å². The van der Waals surface area contributed by atoms with E-state index < -0.39 is 0 Å². The van der Waals surface area contributed by atoms with Crippen molar-refractivity contribution < 1.29 is 4.74 Å². The Labute approximate surface area is 134 Å². The second kappa shape index (κ2) is 13.4. The maximum absolute atomic E-state index is 5.30. The molecule has 1 nitrogen and oxygen atoms in total. The van der Waals surface area contributed by atoms with Crippen LogP contribution in [0.2, 0.25) is 0 Å². The molecule has 0 saturated heterocycles. The summed E-state index contributed by atoms with van der Waals surface area (Å²) in [5.74, 6) is 2.46. The van der Waals surface area contributed by atoms with E-state index in [2.05, 4.69) is 40.3 Å². The fraction of sp³-hybridized carbons (Fsp3) is 0.900. The van der Waals surface area contributed by atoms with Gasteiger partial charge in [0.25, 0.3) is 0 Å². The number of methoxy groups -OCH3 is 1. The number of ether oxygens (including phenoxy) is 1. The van der Waals surface area contributed by atoms with Crippen molar-refractivity contribution in [3.8, 4) is 0 Å². The van der Waals surface area contributed by atoms with E-state index in [1.54, 1.807) is 0 Å². The van der Waals surface area contributed by atoms with Crippen LogP contribution in [0.5, 0.6) is 0 Å². The summed E-state index contributed by atoms with van der Waals surface area (Å²) in [4.78, 5) is 0. The minimum Gasteiger partial charge on any atom is -0.382 e. The van der Waals surface area contributed by atoms with E-state index in [1.165, 1.54) is 57.8 Å². The number of allylic oxidation sites excluding steroid dienone is 1. The highest BCUT2D eigenvalue weighted by atomic mass is 16.5. The Morgan fingerprint density at radius 1 is 0.762 bits per heavy atom. The molecule has 0 aliphatic rings. The summed E-state index contributed by atoms with van der Waals surface area (Å²) < 4.78 is 5.30. The van der Waals surface area contributed by atoms with Gasteiger partial charge < -0.3 is 4.74 Å². The molecule has 0 saturated carbocycles. The van der Waals surface area contributed by atoms with Gasteiger partial charge in [-0.2, -0.15) is 0 Å². The molecule has 0 aromatic heterocycles. The van der Waals surface area contributed by atoms with Gasteiger partial charge in [-0.1, -0.05) is 71.8 Å². The zero-order valence-electron chi connectivity index (χ0n) is 15.4. The van der Waals surface area contributed by atoms with Crippen LogP contribution in [0, 0.1) is 17.8 Å². The lowest BCUT2D eigenvalue weighted by Crippen LogP contribution is -2.05. The first kappa shape index (κ1) is 20.7. The van der Waals surface area contributed by atoms with Gasteiger partial charge in [0.05, 0.1) is 6.10 Å². The van der Waals surface area contributed by atoms with E-state index >= 15 is 0 Å². The second-order valence-electron chi connectivity index (χ2n) is 7.26. The largest absolute Gasteiger partial charge is 0.382 e. The molecule has 0 rings (SSSR count). The first-order valence-corrected chi connectivity index (χ1v) is 9.14. The van der Waals surface area contributed by atoms with Crippen LogP contribution in [0.3, 0.4) is 0 Å². The van der Waals surface area contributed by atoms with Crippen LogP contribution in [0.4, 0.5) is 0 Å². The zero-order valence-corrected chi connectivity index (χ0v) is 15.4. The highest BCUT2D eigenvalue weighted by Gasteiger charge is 2.07. The molecule has 0 amide bonds. The molecule has 126 valence electrons. The van der Waals surface area contributed by atoms with Crippen LogP contribution in [0.25, 0.3) is 0 Å². The van der Waals surface area contributed by atoms with Crippen molar-refractivity contribution in [1.82, 2.24) is 0 Å². The molecule has 4 unspecified atom stereocenters. The predicted molar refractivity (Wildman–Crippen MR) is 95.7 cm³/mol. The maximum atomic E-state index is 5.30. The van der Waals surface area contributed by atoms with Crippen LogP contribution in [0.15, 0.2) is 12.7 Å². The third-order valence-corrected chi connectivity index (χ3v) is 4.86. The summed E-state index contributed by atoms with van der Waals surface area (Å²) in [6.07, 6.45) is 14.6. The van der Waals surface area contributed by atoms with Crippen molar-refractivity contribution >= 4 is 0 Å². The van der Waals surface area contributed by atoms with Crippen LogP contribution >= 0.6 is 0 Å². The molecule has 0 radical (unpaired) electrons. The normalized spacial score (nSPS) is 17.2. The molecule has 0 aromatic carbocycles. The summed E-state index contributed by atoms with van der Waals surface area (Å²) in [7, 11) is 1.81. The molecule has 0 spiro atoms. The molecule has 0 heterocycles. The van der Waals surface area contributed by atoms with Crippen LogP contribution in [0.1, 0.15) is 85.5 Å². The van der Waals surface area contributed by atoms with E-state index in [0.29, 0.717) is 12.0 Å². The molecule has 0 aromatic rings. The minimum atomic E-state index is 0.426. The van der Waals surface area contributed by atoms with Gasteiger partial charge in [-0.15, -0.1) is 6.58 Å². The Morgan fingerprint density at radius 2 is 1.19 bits per heavy atom. The minimum absolute atomic E-state index is 0.426. The molecule has 0 bridgehead atoms. The monoisotopic (exact) mass is 296 g/mol. The topological polar surface area (TPSA) is 9.23 Å². The lowest BCUT2D eigenvalue weighted by molar-refractivity contribution is 0.107. The van der Waals surface area contributed by atoms with Gasteiger partial charge in [-0.05, 0) is 37.5 Å². The molecular formula is C20H40O. The Morgan fingerprint density at radius 3 is 1.62 bits per heavy atom. The summed E-state index contributed by atoms with van der Waals surface area (Å²) in [6, 6.07) is 0. The van der Waals surface area contributed by atoms with Crippen LogP contribution < -0.4 is 0 Å². The molecule has 0 aliphatic heterocycles. The molecule has 0 N–H and O–H groups in total. The lowest BCUT2D eigenvalue weighted by Gasteiger charge is -2.16. The summed E-state index contributed by atoms with van der Waals surface area (Å²) >= 11 is 0. The van der Waals surface area contributed by atoms with Gasteiger partial charge in [0.1, 0.15) is 0 Å². The van der Waals surface area contributed by atoms with E-state index in [4.69, 9.17) is 4.74 Å². The average molecular weight is 297 g/mol. The first-order valence-electron chi connectivity index (χ1n) is 9.14. The Hall–Kier alpha value is -0.300. The standard InChI is InChI=1S/C20H40O/c1-7-17(2)11-8-12-18(3)13-9-14-19(4)15-10-16-20(5)21-6/h7,17-20H,1,8-16H2,2-6H3. The van der Waals surface area contributed by atoms with Crippen molar-refractivity contribution in [2.75, 3.05) is 7.11 Å². The zero-order chi connectivity index (χ0) is 16.1. The van der Waals surface area contributed by atoms with Crippen molar-refractivity contribution in [3.05, 3.63) is 12.7 Å². The van der Waals surface area contributed by atoms with E-state index in [9.17, 15) is 0 Å². The fourth-order valence-electron chi connectivity index (χ4n) is 2.88. The summed E-state index contributed by atoms with van der Waals surface area (Å²) in [5.41, 5.74) is 0. The second-order valence-corrected chi connectivity index (χ2v) is 7.26. The first-order chi connectivity index (χ1) is 9.99. The van der Waals surface area contributed by atoms with Crippen LogP contribution in [-0.2, 0) is 4.74 Å². The Bertz CT molecular complexity index is 236. The maximum Gasteiger partial charge on any atom is 0.0543 e. The summed E-state index contributed by atoms with van der Waals surface area (Å²) in [6.45, 7) is 13.1. The lowest BCUT2D eigenvalue weighted by atomic mass is 9.91. The van der Waals surface area contributed by atoms with E-state index in [0.717, 1.165) is 11.8 Å². The molecule has 1 heteroatoms. The number of hydrogen-bond acceptors (Lipinski definition) is 1. The third kappa shape index (κ3) is 13.1. The average Bonchev–Trinajstić information content (AvgIpc) is 2.46. The van der Waals surface area contributed by atoms with Gasteiger partial charge >= 0.3 is 0 Å². The van der Waals surface area contributed by atoms with Crippen molar-refractivity contribution in [1.29, 1.82) is 0 Å². The van der Waals surface area contributed by atoms with Crippen molar-refractivity contribution in [2.45, 2.75) is 91.6 Å². The van der Waals surface area contributed by atoms with Crippen LogP contribution in [-0.4, -0.2) is 13.2 Å². The van der Waals surface area contributed by atoms with E-state index in [1.807, 2.05) is 7.11 Å². The quantitative estimate of drug-likeness (QED) is 0.327. The molecule has 21 heavy (non-hydrogen) atoms. The number of hydrogen-bond donors (Lipinski definition) is 0. The Kier molecular flexibility index (Phi) is 13.2. The van der Waals surface area contributed by atoms with Crippen molar-refractivity contribution in [2.24, 2.45) is 17.8 Å². The highest BCUT2D eigenvalue weighted by molar-refractivity contribution is 4.74. The molecular weight excluding hydrogens is 256 g/mol. The molecule has 0 fully saturated rings.